The summed E-state index contributed by atoms with van der Waals surface area (Å²) in [7, 11) is -3.54. The van der Waals surface area contributed by atoms with E-state index < -0.39 is 16.1 Å². The molecule has 0 amide bonds. The number of aromatic nitrogens is 1. The minimum Gasteiger partial charge on any atom is -0.390 e. The Morgan fingerprint density at radius 2 is 1.33 bits per heavy atom. The lowest BCUT2D eigenvalue weighted by molar-refractivity contribution is 0.0823. The number of hydrogen-bond acceptors (Lipinski definition) is 4. The molecule has 172 valence electrons. The molecule has 0 bridgehead atoms. The Labute approximate surface area is 198 Å². The van der Waals surface area contributed by atoms with Gasteiger partial charge in [0.25, 0.3) is 0 Å². The molecule has 3 aromatic carbocycles. The molecule has 1 N–H and O–H groups in total. The van der Waals surface area contributed by atoms with Crippen LogP contribution >= 0.6 is 11.6 Å². The predicted molar refractivity (Wildman–Crippen MR) is 132 cm³/mol. The van der Waals surface area contributed by atoms with Gasteiger partial charge in [-0.3, -0.25) is 4.90 Å². The van der Waals surface area contributed by atoms with E-state index in [-0.39, 0.29) is 4.90 Å². The molecule has 1 fully saturated rings. The standard InChI is InChI=1S/C25H26ClN3O3S/c26-19-9-11-21(12-10-19)33(31,32)28-15-13-27(14-16-28)17-20(30)18-29-24-7-3-1-5-22(24)23-6-2-4-8-25(23)29/h1-12,20,30H,13-18H2. The number of para-hydroxylation sites is 2. The number of piperazine rings is 1. The van der Waals surface area contributed by atoms with Crippen LogP contribution in [0, 0.1) is 0 Å². The first-order valence-corrected chi connectivity index (χ1v) is 12.9. The zero-order valence-electron chi connectivity index (χ0n) is 18.1. The molecule has 1 saturated heterocycles. The summed E-state index contributed by atoms with van der Waals surface area (Å²) in [6.07, 6.45) is -0.566. The largest absolute Gasteiger partial charge is 0.390 e. The van der Waals surface area contributed by atoms with Crippen molar-refractivity contribution in [2.24, 2.45) is 0 Å². The van der Waals surface area contributed by atoms with E-state index in [0.29, 0.717) is 44.3 Å². The van der Waals surface area contributed by atoms with Crippen LogP contribution in [-0.4, -0.2) is 66.1 Å². The number of hydrogen-bond donors (Lipinski definition) is 1. The van der Waals surface area contributed by atoms with Crippen molar-refractivity contribution in [3.8, 4) is 0 Å². The summed E-state index contributed by atoms with van der Waals surface area (Å²) in [6, 6.07) is 22.8. The van der Waals surface area contributed by atoms with Crippen molar-refractivity contribution in [3.63, 3.8) is 0 Å². The van der Waals surface area contributed by atoms with Crippen LogP contribution in [-0.2, 0) is 16.6 Å². The summed E-state index contributed by atoms with van der Waals surface area (Å²) in [6.45, 7) is 2.93. The van der Waals surface area contributed by atoms with Crippen molar-refractivity contribution in [3.05, 3.63) is 77.8 Å². The van der Waals surface area contributed by atoms with E-state index in [1.54, 1.807) is 24.3 Å². The molecular formula is C25H26ClN3O3S. The van der Waals surface area contributed by atoms with Crippen LogP contribution < -0.4 is 0 Å². The Bertz CT molecular complexity index is 1320. The second-order valence-corrected chi connectivity index (χ2v) is 10.8. The van der Waals surface area contributed by atoms with E-state index in [9.17, 15) is 13.5 Å². The van der Waals surface area contributed by atoms with Crippen molar-refractivity contribution >= 4 is 43.4 Å². The normalized spacial score (nSPS) is 17.0. The quantitative estimate of drug-likeness (QED) is 0.453. The molecule has 5 rings (SSSR count). The van der Waals surface area contributed by atoms with Crippen LogP contribution in [0.1, 0.15) is 0 Å². The first-order valence-electron chi connectivity index (χ1n) is 11.1. The molecule has 0 aliphatic carbocycles. The maximum absolute atomic E-state index is 12.9. The molecular weight excluding hydrogens is 458 g/mol. The first kappa shape index (κ1) is 22.4. The molecule has 1 atom stereocenters. The van der Waals surface area contributed by atoms with E-state index in [4.69, 9.17) is 11.6 Å². The lowest BCUT2D eigenvalue weighted by atomic mass is 10.2. The lowest BCUT2D eigenvalue weighted by Crippen LogP contribution is -2.50. The number of halogens is 1. The highest BCUT2D eigenvalue weighted by molar-refractivity contribution is 7.89. The second-order valence-electron chi connectivity index (χ2n) is 8.46. The second kappa shape index (κ2) is 9.08. The van der Waals surface area contributed by atoms with Crippen molar-refractivity contribution in [2.75, 3.05) is 32.7 Å². The topological polar surface area (TPSA) is 65.8 Å². The lowest BCUT2D eigenvalue weighted by Gasteiger charge is -2.35. The third kappa shape index (κ3) is 4.39. The number of sulfonamides is 1. The number of aliphatic hydroxyl groups excluding tert-OH is 1. The van der Waals surface area contributed by atoms with Crippen molar-refractivity contribution in [2.45, 2.75) is 17.5 Å². The molecule has 2 heterocycles. The van der Waals surface area contributed by atoms with Gasteiger partial charge in [-0.1, -0.05) is 48.0 Å². The van der Waals surface area contributed by atoms with E-state index in [1.165, 1.54) is 15.1 Å². The van der Waals surface area contributed by atoms with Crippen molar-refractivity contribution in [1.29, 1.82) is 0 Å². The summed E-state index contributed by atoms with van der Waals surface area (Å²) in [5.74, 6) is 0. The molecule has 1 aliphatic heterocycles. The van der Waals surface area contributed by atoms with Gasteiger partial charge in [0.15, 0.2) is 0 Å². The number of benzene rings is 3. The van der Waals surface area contributed by atoms with E-state index in [2.05, 4.69) is 33.7 Å². The molecule has 1 aromatic heterocycles. The van der Waals surface area contributed by atoms with Crippen LogP contribution in [0.4, 0.5) is 0 Å². The summed E-state index contributed by atoms with van der Waals surface area (Å²) in [5.41, 5.74) is 2.22. The SMILES string of the molecule is O=S(=O)(c1ccc(Cl)cc1)N1CCN(CC(O)Cn2c3ccccc3c3ccccc32)CC1. The van der Waals surface area contributed by atoms with E-state index >= 15 is 0 Å². The van der Waals surface area contributed by atoms with Crippen LogP contribution in [0.3, 0.4) is 0 Å². The van der Waals surface area contributed by atoms with Gasteiger partial charge in [0.2, 0.25) is 10.0 Å². The Morgan fingerprint density at radius 3 is 1.91 bits per heavy atom. The smallest absolute Gasteiger partial charge is 0.243 e. The highest BCUT2D eigenvalue weighted by atomic mass is 35.5. The van der Waals surface area contributed by atoms with Crippen LogP contribution in [0.2, 0.25) is 5.02 Å². The zero-order chi connectivity index (χ0) is 23.0. The van der Waals surface area contributed by atoms with Gasteiger partial charge in [-0.05, 0) is 36.4 Å². The van der Waals surface area contributed by atoms with Gasteiger partial charge in [0, 0.05) is 59.6 Å². The molecule has 1 unspecified atom stereocenters. The predicted octanol–water partition coefficient (Wildman–Crippen LogP) is 3.82. The summed E-state index contributed by atoms with van der Waals surface area (Å²) in [4.78, 5) is 2.39. The molecule has 33 heavy (non-hydrogen) atoms. The number of aliphatic hydroxyl groups is 1. The zero-order valence-corrected chi connectivity index (χ0v) is 19.7. The van der Waals surface area contributed by atoms with E-state index in [1.807, 2.05) is 24.3 Å². The monoisotopic (exact) mass is 483 g/mol. The Hall–Kier alpha value is -2.42. The van der Waals surface area contributed by atoms with Crippen molar-refractivity contribution in [1.82, 2.24) is 13.8 Å². The minimum atomic E-state index is -3.54. The highest BCUT2D eigenvalue weighted by Crippen LogP contribution is 2.29. The fraction of sp³-hybridized carbons (Fsp3) is 0.280. The summed E-state index contributed by atoms with van der Waals surface area (Å²) in [5, 5.41) is 13.8. The molecule has 0 spiro atoms. The third-order valence-corrected chi connectivity index (χ3v) is 8.49. The molecule has 0 saturated carbocycles. The molecule has 8 heteroatoms. The highest BCUT2D eigenvalue weighted by Gasteiger charge is 2.29. The number of nitrogens with zero attached hydrogens (tertiary/aromatic N) is 3. The molecule has 1 aliphatic rings. The van der Waals surface area contributed by atoms with Gasteiger partial charge in [0.05, 0.1) is 17.5 Å². The third-order valence-electron chi connectivity index (χ3n) is 6.32. The average molecular weight is 484 g/mol. The van der Waals surface area contributed by atoms with Gasteiger partial charge in [-0.15, -0.1) is 0 Å². The maximum Gasteiger partial charge on any atom is 0.243 e. The van der Waals surface area contributed by atoms with Gasteiger partial charge >= 0.3 is 0 Å². The Balaban J connectivity index is 1.25. The molecule has 0 radical (unpaired) electrons. The summed E-state index contributed by atoms with van der Waals surface area (Å²) >= 11 is 5.89. The Kier molecular flexibility index (Phi) is 6.16. The average Bonchev–Trinajstić information content (AvgIpc) is 3.13. The number of rotatable bonds is 6. The van der Waals surface area contributed by atoms with Crippen molar-refractivity contribution < 1.29 is 13.5 Å². The van der Waals surface area contributed by atoms with Gasteiger partial charge in [0.1, 0.15) is 0 Å². The van der Waals surface area contributed by atoms with Crippen LogP contribution in [0.5, 0.6) is 0 Å². The Morgan fingerprint density at radius 1 is 0.788 bits per heavy atom. The fourth-order valence-corrected chi connectivity index (χ4v) is 6.22. The minimum absolute atomic E-state index is 0.256. The number of β-amino-alcohol motifs (C(OH)–C–C–N with tert-alkyl or cyclic N) is 1. The maximum atomic E-state index is 12.9. The van der Waals surface area contributed by atoms with Gasteiger partial charge < -0.3 is 9.67 Å². The van der Waals surface area contributed by atoms with Gasteiger partial charge in [-0.2, -0.15) is 4.31 Å². The number of fused-ring (bicyclic) bond motifs is 3. The van der Waals surface area contributed by atoms with E-state index in [0.717, 1.165) is 11.0 Å². The van der Waals surface area contributed by atoms with Crippen LogP contribution in [0.15, 0.2) is 77.7 Å². The summed E-state index contributed by atoms with van der Waals surface area (Å²) < 4.78 is 29.5. The van der Waals surface area contributed by atoms with Crippen LogP contribution in [0.25, 0.3) is 21.8 Å². The van der Waals surface area contributed by atoms with Gasteiger partial charge in [-0.25, -0.2) is 8.42 Å². The fourth-order valence-electron chi connectivity index (χ4n) is 4.67. The molecule has 4 aromatic rings. The first-order chi connectivity index (χ1) is 15.9. The molecule has 6 nitrogen and oxygen atoms in total.